The van der Waals surface area contributed by atoms with Gasteiger partial charge < -0.3 is 10.1 Å². The number of rotatable bonds is 8. The van der Waals surface area contributed by atoms with Crippen LogP contribution in [0.5, 0.6) is 5.75 Å². The standard InChI is InChI=1S/C26H31N5O4/c1-6-17(4)27-23(32)19-10-11-21-22(13-19)31-25(29(24(21)33)14-16(2)3)28-30(26(31)34)15-18-8-7-9-20(12-18)35-5/h7-13,16-17H,6,14-15H2,1-5H3,(H,27,32). The Morgan fingerprint density at radius 1 is 1.11 bits per heavy atom. The van der Waals surface area contributed by atoms with Gasteiger partial charge in [0.15, 0.2) is 0 Å². The Balaban J connectivity index is 1.94. The van der Waals surface area contributed by atoms with E-state index in [9.17, 15) is 14.4 Å². The van der Waals surface area contributed by atoms with Gasteiger partial charge in [-0.25, -0.2) is 13.9 Å². The zero-order valence-corrected chi connectivity index (χ0v) is 20.7. The number of hydrogen-bond acceptors (Lipinski definition) is 5. The number of aromatic nitrogens is 4. The van der Waals surface area contributed by atoms with Crippen molar-refractivity contribution in [2.45, 2.75) is 53.2 Å². The Morgan fingerprint density at radius 3 is 2.57 bits per heavy atom. The van der Waals surface area contributed by atoms with Gasteiger partial charge in [-0.3, -0.25) is 14.2 Å². The van der Waals surface area contributed by atoms with Crippen LogP contribution in [0.3, 0.4) is 0 Å². The van der Waals surface area contributed by atoms with Gasteiger partial charge in [0.05, 0.1) is 24.6 Å². The van der Waals surface area contributed by atoms with Gasteiger partial charge in [-0.05, 0) is 55.2 Å². The van der Waals surface area contributed by atoms with Gasteiger partial charge in [0.1, 0.15) is 5.75 Å². The maximum absolute atomic E-state index is 13.6. The Bertz CT molecular complexity index is 1510. The lowest BCUT2D eigenvalue weighted by Gasteiger charge is -2.14. The predicted octanol–water partition coefficient (Wildman–Crippen LogP) is 3.05. The average molecular weight is 478 g/mol. The first-order chi connectivity index (χ1) is 16.7. The molecule has 1 amide bonds. The maximum atomic E-state index is 13.6. The number of hydrogen-bond donors (Lipinski definition) is 1. The van der Waals surface area contributed by atoms with E-state index in [4.69, 9.17) is 4.74 Å². The van der Waals surface area contributed by atoms with Gasteiger partial charge in [0, 0.05) is 18.2 Å². The zero-order chi connectivity index (χ0) is 25.3. The first kappa shape index (κ1) is 24.3. The van der Waals surface area contributed by atoms with E-state index >= 15 is 0 Å². The molecule has 9 heteroatoms. The highest BCUT2D eigenvalue weighted by Crippen LogP contribution is 2.17. The van der Waals surface area contributed by atoms with Crippen LogP contribution < -0.4 is 21.3 Å². The summed E-state index contributed by atoms with van der Waals surface area (Å²) in [6, 6.07) is 12.2. The molecule has 0 radical (unpaired) electrons. The smallest absolute Gasteiger partial charge is 0.352 e. The monoisotopic (exact) mass is 477 g/mol. The largest absolute Gasteiger partial charge is 0.497 e. The number of nitrogens with zero attached hydrogens (tertiary/aromatic N) is 4. The molecule has 184 valence electrons. The van der Waals surface area contributed by atoms with Crippen LogP contribution in [-0.2, 0) is 13.1 Å². The highest BCUT2D eigenvalue weighted by Gasteiger charge is 2.20. The van der Waals surface area contributed by atoms with Crippen LogP contribution in [0.1, 0.15) is 50.0 Å². The first-order valence-corrected chi connectivity index (χ1v) is 11.8. The van der Waals surface area contributed by atoms with E-state index < -0.39 is 0 Å². The summed E-state index contributed by atoms with van der Waals surface area (Å²) < 4.78 is 9.60. The molecule has 2 heterocycles. The number of carbonyl (C=O) groups excluding carboxylic acids is 1. The fourth-order valence-corrected chi connectivity index (χ4v) is 4.04. The molecular weight excluding hydrogens is 446 g/mol. The Morgan fingerprint density at radius 2 is 1.89 bits per heavy atom. The highest BCUT2D eigenvalue weighted by molar-refractivity contribution is 5.98. The second kappa shape index (κ2) is 9.77. The first-order valence-electron chi connectivity index (χ1n) is 11.8. The van der Waals surface area contributed by atoms with Crippen molar-refractivity contribution in [3.8, 4) is 5.75 Å². The second-order valence-corrected chi connectivity index (χ2v) is 9.25. The topological polar surface area (TPSA) is 99.6 Å². The van der Waals surface area contributed by atoms with Gasteiger partial charge in [-0.1, -0.05) is 32.9 Å². The minimum absolute atomic E-state index is 0.00518. The fourth-order valence-electron chi connectivity index (χ4n) is 4.04. The van der Waals surface area contributed by atoms with Gasteiger partial charge >= 0.3 is 5.69 Å². The zero-order valence-electron chi connectivity index (χ0n) is 20.7. The van der Waals surface area contributed by atoms with E-state index in [2.05, 4.69) is 10.4 Å². The molecule has 4 aromatic rings. The lowest BCUT2D eigenvalue weighted by atomic mass is 10.1. The molecule has 9 nitrogen and oxygen atoms in total. The summed E-state index contributed by atoms with van der Waals surface area (Å²) in [6.45, 7) is 8.53. The SMILES string of the molecule is CCC(C)NC(=O)c1ccc2c(=O)n(CC(C)C)c3nn(Cc4cccc(OC)c4)c(=O)n3c2c1. The number of ether oxygens (including phenoxy) is 1. The van der Waals surface area contributed by atoms with Crippen LogP contribution >= 0.6 is 0 Å². The lowest BCUT2D eigenvalue weighted by molar-refractivity contribution is 0.0939. The van der Waals surface area contributed by atoms with Crippen molar-refractivity contribution in [3.63, 3.8) is 0 Å². The van der Waals surface area contributed by atoms with E-state index in [1.54, 1.807) is 25.3 Å². The summed E-state index contributed by atoms with van der Waals surface area (Å²) in [5.41, 5.74) is 0.959. The van der Waals surface area contributed by atoms with Crippen molar-refractivity contribution in [2.24, 2.45) is 5.92 Å². The molecule has 0 bridgehead atoms. The molecule has 0 saturated carbocycles. The van der Waals surface area contributed by atoms with Crippen molar-refractivity contribution < 1.29 is 9.53 Å². The lowest BCUT2D eigenvalue weighted by Crippen LogP contribution is -2.32. The molecule has 4 rings (SSSR count). The van der Waals surface area contributed by atoms with Gasteiger partial charge in [0.2, 0.25) is 5.78 Å². The number of fused-ring (bicyclic) bond motifs is 3. The van der Waals surface area contributed by atoms with E-state index in [0.29, 0.717) is 28.8 Å². The number of benzene rings is 2. The predicted molar refractivity (Wildman–Crippen MR) is 135 cm³/mol. The molecule has 2 aromatic heterocycles. The third-order valence-corrected chi connectivity index (χ3v) is 6.04. The molecule has 1 N–H and O–H groups in total. The van der Waals surface area contributed by atoms with Gasteiger partial charge in [0.25, 0.3) is 11.5 Å². The van der Waals surface area contributed by atoms with Crippen LogP contribution in [0.25, 0.3) is 16.7 Å². The number of amides is 1. The van der Waals surface area contributed by atoms with Crippen LogP contribution in [0.2, 0.25) is 0 Å². The molecule has 0 spiro atoms. The van der Waals surface area contributed by atoms with Crippen LogP contribution in [-0.4, -0.2) is 37.8 Å². The van der Waals surface area contributed by atoms with Crippen molar-refractivity contribution >= 4 is 22.6 Å². The van der Waals surface area contributed by atoms with Crippen molar-refractivity contribution in [3.05, 3.63) is 74.4 Å². The van der Waals surface area contributed by atoms with Crippen molar-refractivity contribution in [1.82, 2.24) is 24.1 Å². The van der Waals surface area contributed by atoms with Crippen LogP contribution in [0.4, 0.5) is 0 Å². The average Bonchev–Trinajstić information content (AvgIpc) is 3.16. The molecule has 1 atom stereocenters. The summed E-state index contributed by atoms with van der Waals surface area (Å²) in [5, 5.41) is 7.85. The molecule has 0 aliphatic heterocycles. The summed E-state index contributed by atoms with van der Waals surface area (Å²) in [5.74, 6) is 0.841. The summed E-state index contributed by atoms with van der Waals surface area (Å²) in [6.07, 6.45) is 0.792. The van der Waals surface area contributed by atoms with Crippen molar-refractivity contribution in [2.75, 3.05) is 7.11 Å². The summed E-state index contributed by atoms with van der Waals surface area (Å²) >= 11 is 0. The number of carbonyl (C=O) groups is 1. The van der Waals surface area contributed by atoms with Crippen LogP contribution in [0.15, 0.2) is 52.1 Å². The molecule has 0 aliphatic carbocycles. The molecule has 2 aromatic carbocycles. The third-order valence-electron chi connectivity index (χ3n) is 6.04. The van der Waals surface area contributed by atoms with E-state index in [-0.39, 0.29) is 41.4 Å². The maximum Gasteiger partial charge on any atom is 0.352 e. The fraction of sp³-hybridized carbons (Fsp3) is 0.385. The molecule has 0 fully saturated rings. The van der Waals surface area contributed by atoms with Crippen molar-refractivity contribution in [1.29, 1.82) is 0 Å². The number of nitrogens with one attached hydrogen (secondary N) is 1. The molecule has 0 saturated heterocycles. The summed E-state index contributed by atoms with van der Waals surface area (Å²) in [4.78, 5) is 39.8. The second-order valence-electron chi connectivity index (χ2n) is 9.25. The summed E-state index contributed by atoms with van der Waals surface area (Å²) in [7, 11) is 1.59. The molecule has 0 aliphatic rings. The van der Waals surface area contributed by atoms with E-state index in [0.717, 1.165) is 12.0 Å². The normalized spacial score (nSPS) is 12.4. The minimum Gasteiger partial charge on any atom is -0.497 e. The minimum atomic E-state index is -0.384. The molecular formula is C26H31N5O4. The third kappa shape index (κ3) is 4.71. The van der Waals surface area contributed by atoms with Gasteiger partial charge in [-0.15, -0.1) is 5.10 Å². The highest BCUT2D eigenvalue weighted by atomic mass is 16.5. The Kier molecular flexibility index (Phi) is 6.77. The van der Waals surface area contributed by atoms with Gasteiger partial charge in [-0.2, -0.15) is 0 Å². The Labute approximate surface area is 202 Å². The van der Waals surface area contributed by atoms with Crippen LogP contribution in [0, 0.1) is 5.92 Å². The Hall–Kier alpha value is -3.88. The van der Waals surface area contributed by atoms with E-state index in [1.807, 2.05) is 52.0 Å². The molecule has 35 heavy (non-hydrogen) atoms. The quantitative estimate of drug-likeness (QED) is 0.421. The molecule has 1 unspecified atom stereocenters. The van der Waals surface area contributed by atoms with E-state index in [1.165, 1.54) is 13.6 Å². The number of methoxy groups -OCH3 is 1.